The molecule has 0 atom stereocenters. The molecule has 130 valence electrons. The number of hydrogen-bond acceptors (Lipinski definition) is 4. The summed E-state index contributed by atoms with van der Waals surface area (Å²) in [5.41, 5.74) is 4.26. The molecule has 2 aromatic carbocycles. The molecule has 0 saturated carbocycles. The van der Waals surface area contributed by atoms with Gasteiger partial charge in [0.25, 0.3) is 11.6 Å². The first-order valence-electron chi connectivity index (χ1n) is 7.56. The number of amides is 1. The average Bonchev–Trinajstić information content (AvgIpc) is 2.55. The zero-order chi connectivity index (χ0) is 18.6. The van der Waals surface area contributed by atoms with Gasteiger partial charge in [0.15, 0.2) is 0 Å². The minimum absolute atomic E-state index is 0.0104. The zero-order valence-corrected chi connectivity index (χ0v) is 14.9. The van der Waals surface area contributed by atoms with Crippen molar-refractivity contribution in [2.24, 2.45) is 5.10 Å². The first kappa shape index (κ1) is 18.6. The van der Waals surface area contributed by atoms with Crippen LogP contribution < -0.4 is 5.43 Å². The Morgan fingerprint density at radius 2 is 1.84 bits per heavy atom. The zero-order valence-electron chi connectivity index (χ0n) is 14.1. The molecule has 7 heteroatoms. The van der Waals surface area contributed by atoms with Gasteiger partial charge in [-0.15, -0.1) is 0 Å². The van der Waals surface area contributed by atoms with Gasteiger partial charge < -0.3 is 0 Å². The first-order valence-corrected chi connectivity index (χ1v) is 7.94. The predicted octanol–water partition coefficient (Wildman–Crippen LogP) is 4.31. The average molecular weight is 360 g/mol. The lowest BCUT2D eigenvalue weighted by molar-refractivity contribution is -0.384. The number of nitrogens with one attached hydrogen (secondary N) is 1. The van der Waals surface area contributed by atoms with Gasteiger partial charge in [0.05, 0.1) is 11.1 Å². The van der Waals surface area contributed by atoms with Crippen LogP contribution in [0.3, 0.4) is 0 Å². The molecule has 6 nitrogen and oxygen atoms in total. The molecule has 0 radical (unpaired) electrons. The number of carbonyl (C=O) groups excluding carboxylic acids is 1. The summed E-state index contributed by atoms with van der Waals surface area (Å²) in [5, 5.41) is 14.7. The lowest BCUT2D eigenvalue weighted by atomic mass is 9.87. The minimum atomic E-state index is -0.574. The van der Waals surface area contributed by atoms with Gasteiger partial charge in [0.2, 0.25) is 0 Å². The number of rotatable bonds is 4. The highest BCUT2D eigenvalue weighted by molar-refractivity contribution is 6.32. The van der Waals surface area contributed by atoms with Crippen molar-refractivity contribution in [3.63, 3.8) is 0 Å². The second-order valence-corrected chi connectivity index (χ2v) is 6.90. The number of hydrogen-bond donors (Lipinski definition) is 1. The molecule has 1 amide bonds. The number of nitro benzene ring substituents is 1. The molecule has 1 N–H and O–H groups in total. The summed E-state index contributed by atoms with van der Waals surface area (Å²) in [7, 11) is 0. The van der Waals surface area contributed by atoms with Crippen LogP contribution in [0.15, 0.2) is 47.6 Å². The van der Waals surface area contributed by atoms with Crippen LogP contribution in [0.25, 0.3) is 0 Å². The molecule has 0 saturated heterocycles. The van der Waals surface area contributed by atoms with Gasteiger partial charge in [-0.1, -0.05) is 50.6 Å². The molecule has 25 heavy (non-hydrogen) atoms. The van der Waals surface area contributed by atoms with Crippen molar-refractivity contribution in [2.75, 3.05) is 0 Å². The molecule has 0 aromatic heterocycles. The molecule has 0 bridgehead atoms. The number of carbonyl (C=O) groups is 1. The Morgan fingerprint density at radius 3 is 2.40 bits per heavy atom. The molecule has 2 rings (SSSR count). The highest BCUT2D eigenvalue weighted by atomic mass is 35.5. The molecule has 0 aliphatic heterocycles. The van der Waals surface area contributed by atoms with E-state index in [0.717, 1.165) is 5.56 Å². The van der Waals surface area contributed by atoms with Gasteiger partial charge in [-0.2, -0.15) is 5.10 Å². The van der Waals surface area contributed by atoms with Crippen LogP contribution in [0.5, 0.6) is 0 Å². The Bertz CT molecular complexity index is 824. The molecule has 0 spiro atoms. The van der Waals surface area contributed by atoms with Gasteiger partial charge in [-0.05, 0) is 29.2 Å². The summed E-state index contributed by atoms with van der Waals surface area (Å²) in [6.07, 6.45) is 1.32. The fourth-order valence-corrected chi connectivity index (χ4v) is 2.29. The van der Waals surface area contributed by atoms with Crippen molar-refractivity contribution in [3.05, 3.63) is 74.3 Å². The van der Waals surface area contributed by atoms with E-state index in [-0.39, 0.29) is 22.0 Å². The van der Waals surface area contributed by atoms with E-state index in [0.29, 0.717) is 11.1 Å². The second kappa shape index (κ2) is 7.44. The number of benzene rings is 2. The number of nitro groups is 1. The van der Waals surface area contributed by atoms with E-state index in [1.54, 1.807) is 18.2 Å². The number of halogens is 1. The van der Waals surface area contributed by atoms with E-state index in [9.17, 15) is 14.9 Å². The largest absolute Gasteiger partial charge is 0.288 e. The van der Waals surface area contributed by atoms with Crippen molar-refractivity contribution in [2.45, 2.75) is 26.2 Å². The van der Waals surface area contributed by atoms with Crippen LogP contribution in [0, 0.1) is 10.1 Å². The first-order chi connectivity index (χ1) is 11.7. The van der Waals surface area contributed by atoms with Gasteiger partial charge in [0.1, 0.15) is 5.02 Å². The highest BCUT2D eigenvalue weighted by Crippen LogP contribution is 2.24. The van der Waals surface area contributed by atoms with Crippen LogP contribution in [-0.2, 0) is 5.41 Å². The normalized spacial score (nSPS) is 11.5. The summed E-state index contributed by atoms with van der Waals surface area (Å²) in [6, 6.07) is 11.5. The standard InChI is InChI=1S/C18H18ClN3O3/c1-18(2,3)14-7-5-13(6-8-14)17(23)21-20-11-12-4-9-15(19)16(10-12)22(24)25/h4-11H,1-3H3,(H,21,23)/b20-11-. The third kappa shape index (κ3) is 4.87. The molecule has 0 fully saturated rings. The van der Waals surface area contributed by atoms with Crippen molar-refractivity contribution in [1.29, 1.82) is 0 Å². The Balaban J connectivity index is 2.06. The lowest BCUT2D eigenvalue weighted by Crippen LogP contribution is -2.18. The summed E-state index contributed by atoms with van der Waals surface area (Å²) in [6.45, 7) is 6.28. The molecular weight excluding hydrogens is 342 g/mol. The summed E-state index contributed by atoms with van der Waals surface area (Å²) < 4.78 is 0. The van der Waals surface area contributed by atoms with Crippen LogP contribution >= 0.6 is 11.6 Å². The molecule has 0 heterocycles. The van der Waals surface area contributed by atoms with E-state index in [1.807, 2.05) is 12.1 Å². The van der Waals surface area contributed by atoms with Gasteiger partial charge in [-0.3, -0.25) is 14.9 Å². The smallest absolute Gasteiger partial charge is 0.267 e. The molecule has 0 aliphatic carbocycles. The Hall–Kier alpha value is -2.73. The maximum atomic E-state index is 12.1. The van der Waals surface area contributed by atoms with E-state index >= 15 is 0 Å². The van der Waals surface area contributed by atoms with Crippen LogP contribution in [0.1, 0.15) is 42.3 Å². The van der Waals surface area contributed by atoms with Crippen LogP contribution in [0.2, 0.25) is 5.02 Å². The predicted molar refractivity (Wildman–Crippen MR) is 98.3 cm³/mol. The monoisotopic (exact) mass is 359 g/mol. The van der Waals surface area contributed by atoms with E-state index < -0.39 is 4.92 Å². The Morgan fingerprint density at radius 1 is 1.20 bits per heavy atom. The Labute approximate surface area is 150 Å². The third-order valence-corrected chi connectivity index (χ3v) is 3.88. The van der Waals surface area contributed by atoms with Gasteiger partial charge in [0, 0.05) is 17.2 Å². The molecule has 0 unspecified atom stereocenters. The van der Waals surface area contributed by atoms with Crippen LogP contribution in [-0.4, -0.2) is 17.0 Å². The van der Waals surface area contributed by atoms with E-state index in [2.05, 4.69) is 31.3 Å². The van der Waals surface area contributed by atoms with Gasteiger partial charge in [-0.25, -0.2) is 5.43 Å². The summed E-state index contributed by atoms with van der Waals surface area (Å²) in [4.78, 5) is 22.3. The van der Waals surface area contributed by atoms with Crippen molar-refractivity contribution >= 4 is 29.4 Å². The fraction of sp³-hybridized carbons (Fsp3) is 0.222. The summed E-state index contributed by atoms with van der Waals surface area (Å²) in [5.74, 6) is -0.361. The van der Waals surface area contributed by atoms with Crippen molar-refractivity contribution in [1.82, 2.24) is 5.43 Å². The van der Waals surface area contributed by atoms with Gasteiger partial charge >= 0.3 is 0 Å². The minimum Gasteiger partial charge on any atom is -0.267 e. The quantitative estimate of drug-likeness (QED) is 0.501. The number of hydrazone groups is 1. The SMILES string of the molecule is CC(C)(C)c1ccc(C(=O)N/N=C\c2ccc(Cl)c([N+](=O)[O-])c2)cc1. The summed E-state index contributed by atoms with van der Waals surface area (Å²) >= 11 is 5.74. The lowest BCUT2D eigenvalue weighted by Gasteiger charge is -2.18. The maximum absolute atomic E-state index is 12.1. The highest BCUT2D eigenvalue weighted by Gasteiger charge is 2.14. The molecule has 0 aliphatic rings. The van der Waals surface area contributed by atoms with E-state index in [1.165, 1.54) is 18.3 Å². The fourth-order valence-electron chi connectivity index (χ4n) is 2.10. The second-order valence-electron chi connectivity index (χ2n) is 6.49. The topological polar surface area (TPSA) is 84.6 Å². The van der Waals surface area contributed by atoms with Crippen molar-refractivity contribution in [3.8, 4) is 0 Å². The maximum Gasteiger partial charge on any atom is 0.288 e. The van der Waals surface area contributed by atoms with Crippen LogP contribution in [0.4, 0.5) is 5.69 Å². The third-order valence-electron chi connectivity index (χ3n) is 3.56. The van der Waals surface area contributed by atoms with Crippen molar-refractivity contribution < 1.29 is 9.72 Å². The molecular formula is C18H18ClN3O3. The van der Waals surface area contributed by atoms with E-state index in [4.69, 9.17) is 11.6 Å². The number of nitrogens with zero attached hydrogens (tertiary/aromatic N) is 2. The molecule has 2 aromatic rings. The Kier molecular flexibility index (Phi) is 5.54.